The first-order valence-corrected chi connectivity index (χ1v) is 9.28. The van der Waals surface area contributed by atoms with E-state index in [0.29, 0.717) is 22.4 Å². The van der Waals surface area contributed by atoms with Gasteiger partial charge in [-0.05, 0) is 41.5 Å². The van der Waals surface area contributed by atoms with E-state index in [1.165, 1.54) is 33.6 Å². The zero-order chi connectivity index (χ0) is 22.4. The molecule has 0 unspecified atom stereocenters. The highest BCUT2D eigenvalue weighted by Crippen LogP contribution is 2.50. The van der Waals surface area contributed by atoms with Gasteiger partial charge in [0.25, 0.3) is 0 Å². The lowest BCUT2D eigenvalue weighted by Crippen LogP contribution is -1.99. The van der Waals surface area contributed by atoms with Crippen molar-refractivity contribution >= 4 is 6.21 Å². The van der Waals surface area contributed by atoms with Crippen molar-refractivity contribution in [2.24, 2.45) is 5.16 Å². The molecule has 0 aliphatic heterocycles. The standard InChI is InChI=1S/C23H23NO7/c1-28-20-13-17(14-4-7-16(25)8-5-14)23(29-2)22(27)21(20)15-6-9-19(18(26)12-15)31-11-10-24-30-3/h4-10,12-13,25-27H,11H2,1-3H3/b24-10+. The van der Waals surface area contributed by atoms with E-state index in [9.17, 15) is 15.3 Å². The van der Waals surface area contributed by atoms with Crippen molar-refractivity contribution in [3.8, 4) is 56.8 Å². The van der Waals surface area contributed by atoms with Crippen LogP contribution in [-0.2, 0) is 4.84 Å². The predicted octanol–water partition coefficient (Wildman–Crippen LogP) is 4.17. The largest absolute Gasteiger partial charge is 0.508 e. The Hall–Kier alpha value is -4.07. The fraction of sp³-hybridized carbons (Fsp3) is 0.174. The highest BCUT2D eigenvalue weighted by atomic mass is 16.6. The SMILES string of the molecule is CO/N=C/COc1ccc(-c2c(OC)cc(-c3ccc(O)cc3)c(OC)c2O)cc1O. The molecule has 3 aromatic rings. The fourth-order valence-corrected chi connectivity index (χ4v) is 3.16. The third-order valence-corrected chi connectivity index (χ3v) is 4.56. The van der Waals surface area contributed by atoms with Crippen LogP contribution in [-0.4, -0.2) is 49.5 Å². The summed E-state index contributed by atoms with van der Waals surface area (Å²) in [5, 5.41) is 34.5. The van der Waals surface area contributed by atoms with Crippen molar-refractivity contribution in [3.63, 3.8) is 0 Å². The highest BCUT2D eigenvalue weighted by Gasteiger charge is 2.22. The van der Waals surface area contributed by atoms with Crippen LogP contribution < -0.4 is 14.2 Å². The number of methoxy groups -OCH3 is 2. The molecule has 0 atom stereocenters. The van der Waals surface area contributed by atoms with Crippen molar-refractivity contribution in [1.29, 1.82) is 0 Å². The second kappa shape index (κ2) is 9.62. The predicted molar refractivity (Wildman–Crippen MR) is 116 cm³/mol. The summed E-state index contributed by atoms with van der Waals surface area (Å²) in [7, 11) is 4.35. The molecule has 162 valence electrons. The lowest BCUT2D eigenvalue weighted by molar-refractivity contribution is 0.212. The number of oxime groups is 1. The lowest BCUT2D eigenvalue weighted by atomic mass is 9.96. The number of hydrogen-bond acceptors (Lipinski definition) is 8. The van der Waals surface area contributed by atoms with Gasteiger partial charge >= 0.3 is 0 Å². The van der Waals surface area contributed by atoms with Crippen molar-refractivity contribution in [3.05, 3.63) is 48.5 Å². The summed E-state index contributed by atoms with van der Waals surface area (Å²) >= 11 is 0. The number of rotatable bonds is 8. The van der Waals surface area contributed by atoms with Crippen LogP contribution >= 0.6 is 0 Å². The molecule has 3 rings (SSSR count). The zero-order valence-corrected chi connectivity index (χ0v) is 17.3. The van der Waals surface area contributed by atoms with Gasteiger partial charge in [0, 0.05) is 5.56 Å². The number of phenolic OH excluding ortho intramolecular Hbond substituents is 3. The van der Waals surface area contributed by atoms with Gasteiger partial charge in [-0.25, -0.2) is 0 Å². The van der Waals surface area contributed by atoms with Gasteiger partial charge < -0.3 is 34.4 Å². The minimum atomic E-state index is -0.148. The quantitative estimate of drug-likeness (QED) is 0.367. The van der Waals surface area contributed by atoms with Gasteiger partial charge in [0.2, 0.25) is 0 Å². The van der Waals surface area contributed by atoms with Crippen LogP contribution in [0.15, 0.2) is 53.7 Å². The second-order valence-electron chi connectivity index (χ2n) is 6.39. The molecule has 8 heteroatoms. The van der Waals surface area contributed by atoms with Gasteiger partial charge in [0.15, 0.2) is 23.0 Å². The van der Waals surface area contributed by atoms with Crippen molar-refractivity contribution in [2.75, 3.05) is 27.9 Å². The Labute approximate surface area is 179 Å². The molecule has 0 spiro atoms. The summed E-state index contributed by atoms with van der Waals surface area (Å²) in [5.74, 6) is 0.717. The molecule has 0 aromatic heterocycles. The number of hydrogen-bond donors (Lipinski definition) is 3. The van der Waals surface area contributed by atoms with Gasteiger partial charge in [0.05, 0.1) is 26.0 Å². The average Bonchev–Trinajstić information content (AvgIpc) is 2.77. The number of phenols is 3. The van der Waals surface area contributed by atoms with Crippen LogP contribution in [0.5, 0.6) is 34.5 Å². The number of benzene rings is 3. The minimum absolute atomic E-state index is 0.116. The number of ether oxygens (including phenoxy) is 3. The molecule has 3 aromatic carbocycles. The molecule has 0 amide bonds. The van der Waals surface area contributed by atoms with E-state index in [0.717, 1.165) is 5.56 Å². The highest BCUT2D eigenvalue weighted by molar-refractivity contribution is 5.88. The molecule has 0 aliphatic carbocycles. The molecule has 31 heavy (non-hydrogen) atoms. The van der Waals surface area contributed by atoms with E-state index in [4.69, 9.17) is 14.2 Å². The molecule has 0 radical (unpaired) electrons. The van der Waals surface area contributed by atoms with E-state index >= 15 is 0 Å². The maximum Gasteiger partial charge on any atom is 0.170 e. The smallest absolute Gasteiger partial charge is 0.170 e. The zero-order valence-electron chi connectivity index (χ0n) is 17.3. The monoisotopic (exact) mass is 425 g/mol. The Bertz CT molecular complexity index is 1080. The summed E-state index contributed by atoms with van der Waals surface area (Å²) < 4.78 is 16.4. The van der Waals surface area contributed by atoms with Gasteiger partial charge in [0.1, 0.15) is 25.2 Å². The normalized spacial score (nSPS) is 10.8. The minimum Gasteiger partial charge on any atom is -0.508 e. The van der Waals surface area contributed by atoms with Gasteiger partial charge in [-0.2, -0.15) is 0 Å². The Morgan fingerprint density at radius 2 is 1.55 bits per heavy atom. The summed E-state index contributed by atoms with van der Waals surface area (Å²) in [6.45, 7) is 0.116. The molecule has 0 saturated heterocycles. The summed E-state index contributed by atoms with van der Waals surface area (Å²) in [4.78, 5) is 4.56. The lowest BCUT2D eigenvalue weighted by Gasteiger charge is -2.18. The Kier molecular flexibility index (Phi) is 6.71. The van der Waals surface area contributed by atoms with Crippen molar-refractivity contribution < 1.29 is 34.4 Å². The molecule has 0 fully saturated rings. The van der Waals surface area contributed by atoms with Crippen LogP contribution in [0.1, 0.15) is 0 Å². The fourth-order valence-electron chi connectivity index (χ4n) is 3.16. The maximum absolute atomic E-state index is 11.0. The van der Waals surface area contributed by atoms with Gasteiger partial charge in [-0.3, -0.25) is 0 Å². The molecule has 3 N–H and O–H groups in total. The van der Waals surface area contributed by atoms with E-state index in [2.05, 4.69) is 9.99 Å². The number of nitrogens with zero attached hydrogens (tertiary/aromatic N) is 1. The van der Waals surface area contributed by atoms with E-state index in [-0.39, 0.29) is 35.4 Å². The van der Waals surface area contributed by atoms with Crippen molar-refractivity contribution in [2.45, 2.75) is 0 Å². The van der Waals surface area contributed by atoms with E-state index < -0.39 is 0 Å². The van der Waals surface area contributed by atoms with E-state index in [1.54, 1.807) is 42.5 Å². The average molecular weight is 425 g/mol. The topological polar surface area (TPSA) is 110 Å². The Balaban J connectivity index is 2.06. The Morgan fingerprint density at radius 3 is 2.16 bits per heavy atom. The maximum atomic E-state index is 11.0. The molecule has 0 bridgehead atoms. The first kappa shape index (κ1) is 21.6. The van der Waals surface area contributed by atoms with E-state index in [1.807, 2.05) is 0 Å². The summed E-state index contributed by atoms with van der Waals surface area (Å²) in [6, 6.07) is 12.9. The molecular weight excluding hydrogens is 402 g/mol. The van der Waals surface area contributed by atoms with Gasteiger partial charge in [-0.1, -0.05) is 23.4 Å². The van der Waals surface area contributed by atoms with Crippen LogP contribution in [0.3, 0.4) is 0 Å². The summed E-state index contributed by atoms with van der Waals surface area (Å²) in [6.07, 6.45) is 1.41. The molecular formula is C23H23NO7. The molecule has 0 aliphatic rings. The third kappa shape index (κ3) is 4.58. The molecule has 0 heterocycles. The summed E-state index contributed by atoms with van der Waals surface area (Å²) in [5.41, 5.74) is 2.16. The molecule has 8 nitrogen and oxygen atoms in total. The first-order valence-electron chi connectivity index (χ1n) is 9.28. The number of aromatic hydroxyl groups is 3. The second-order valence-corrected chi connectivity index (χ2v) is 6.39. The van der Waals surface area contributed by atoms with Crippen LogP contribution in [0, 0.1) is 0 Å². The van der Waals surface area contributed by atoms with Gasteiger partial charge in [-0.15, -0.1) is 0 Å². The van der Waals surface area contributed by atoms with Crippen LogP contribution in [0.4, 0.5) is 0 Å². The third-order valence-electron chi connectivity index (χ3n) is 4.56. The Morgan fingerprint density at radius 1 is 0.839 bits per heavy atom. The van der Waals surface area contributed by atoms with Crippen LogP contribution in [0.25, 0.3) is 22.3 Å². The molecule has 0 saturated carbocycles. The van der Waals surface area contributed by atoms with Crippen molar-refractivity contribution in [1.82, 2.24) is 0 Å². The first-order chi connectivity index (χ1) is 15.0. The van der Waals surface area contributed by atoms with Crippen LogP contribution in [0.2, 0.25) is 0 Å².